The largest absolute Gasteiger partial charge is 1.00 e. The topological polar surface area (TPSA) is 48.2 Å². The van der Waals surface area contributed by atoms with Crippen LogP contribution in [0.5, 0.6) is 0 Å². The fourth-order valence-electron chi connectivity index (χ4n) is 1.53. The Bertz CT molecular complexity index is 610. The van der Waals surface area contributed by atoms with Gasteiger partial charge in [0.05, 0.1) is 0 Å². The van der Waals surface area contributed by atoms with Gasteiger partial charge in [0.15, 0.2) is 0 Å². The molecule has 0 radical (unpaired) electrons. The van der Waals surface area contributed by atoms with Crippen LogP contribution in [0.3, 0.4) is 0 Å². The van der Waals surface area contributed by atoms with E-state index in [0.29, 0.717) is 0 Å². The van der Waals surface area contributed by atoms with Gasteiger partial charge in [-0.3, -0.25) is 0 Å². The summed E-state index contributed by atoms with van der Waals surface area (Å²) in [4.78, 5) is 0.240. The van der Waals surface area contributed by atoms with E-state index >= 15 is 0 Å². The van der Waals surface area contributed by atoms with Gasteiger partial charge >= 0.3 is 18.9 Å². The summed E-state index contributed by atoms with van der Waals surface area (Å²) in [7, 11) is -3.55. The number of hydrogen-bond donors (Lipinski definition) is 0. The third-order valence-corrected chi connectivity index (χ3v) is 3.92. The number of benzene rings is 2. The maximum Gasteiger partial charge on any atom is 1.00 e. The van der Waals surface area contributed by atoms with Crippen LogP contribution in [0.4, 0.5) is 0 Å². The molecule has 0 bridgehead atoms. The average Bonchev–Trinajstić information content (AvgIpc) is 2.38. The van der Waals surface area contributed by atoms with E-state index in [2.05, 4.69) is 4.72 Å². The normalized spacial score (nSPS) is 10.8. The summed E-state index contributed by atoms with van der Waals surface area (Å²) >= 11 is 0. The molecule has 0 aliphatic carbocycles. The molecule has 0 aromatic heterocycles. The molecular formula is C14H14LiNO2S. The van der Waals surface area contributed by atoms with Gasteiger partial charge in [-0.2, -0.15) is 0 Å². The molecule has 0 aliphatic rings. The Morgan fingerprint density at radius 3 is 2.11 bits per heavy atom. The zero-order valence-corrected chi connectivity index (χ0v) is 11.9. The SMILES string of the molecule is Cc1ccc(S(=O)(=O)[N-]Cc2ccccc2)cc1.[Li+]. The van der Waals surface area contributed by atoms with Crippen molar-refractivity contribution in [2.45, 2.75) is 18.4 Å². The van der Waals surface area contributed by atoms with Gasteiger partial charge in [-0.05, 0) is 19.1 Å². The van der Waals surface area contributed by atoms with Crippen LogP contribution in [0.1, 0.15) is 11.1 Å². The van der Waals surface area contributed by atoms with Crippen molar-refractivity contribution in [3.63, 3.8) is 0 Å². The molecule has 0 fully saturated rings. The van der Waals surface area contributed by atoms with Gasteiger partial charge in [-0.15, -0.1) is 6.54 Å². The summed E-state index contributed by atoms with van der Waals surface area (Å²) in [6, 6.07) is 16.0. The molecule has 5 heteroatoms. The molecular weight excluding hydrogens is 253 g/mol. The summed E-state index contributed by atoms with van der Waals surface area (Å²) in [5.74, 6) is 0. The summed E-state index contributed by atoms with van der Waals surface area (Å²) < 4.78 is 27.7. The van der Waals surface area contributed by atoms with Gasteiger partial charge in [-0.25, -0.2) is 8.42 Å². The predicted octanol–water partition coefficient (Wildman–Crippen LogP) is 0.262. The van der Waals surface area contributed by atoms with Crippen molar-refractivity contribution in [2.75, 3.05) is 0 Å². The van der Waals surface area contributed by atoms with Gasteiger partial charge < -0.3 is 4.72 Å². The molecule has 0 saturated heterocycles. The molecule has 2 rings (SSSR count). The Morgan fingerprint density at radius 1 is 0.947 bits per heavy atom. The first-order valence-electron chi connectivity index (χ1n) is 5.62. The summed E-state index contributed by atoms with van der Waals surface area (Å²) in [6.45, 7) is 2.09. The minimum Gasteiger partial charge on any atom is -0.541 e. The van der Waals surface area contributed by atoms with Crippen molar-refractivity contribution < 1.29 is 27.3 Å². The van der Waals surface area contributed by atoms with Crippen molar-refractivity contribution in [1.82, 2.24) is 0 Å². The van der Waals surface area contributed by atoms with Crippen molar-refractivity contribution in [2.24, 2.45) is 0 Å². The van der Waals surface area contributed by atoms with E-state index in [-0.39, 0.29) is 30.3 Å². The molecule has 0 unspecified atom stereocenters. The molecule has 0 heterocycles. The Kier molecular flexibility index (Phi) is 5.83. The van der Waals surface area contributed by atoms with Crippen LogP contribution in [-0.2, 0) is 16.6 Å². The monoisotopic (exact) mass is 267 g/mol. The van der Waals surface area contributed by atoms with Gasteiger partial charge in [0.1, 0.15) is 10.0 Å². The standard InChI is InChI=1S/C14H14NO2S.Li/c1-12-7-9-14(10-8-12)18(16,17)15-11-13-5-3-2-4-6-13;/h2-10H,11H2,1H3;/q-1;+1. The van der Waals surface area contributed by atoms with E-state index < -0.39 is 10.0 Å². The van der Waals surface area contributed by atoms with Crippen molar-refractivity contribution in [1.29, 1.82) is 0 Å². The molecule has 0 spiro atoms. The molecule has 0 aliphatic heterocycles. The molecule has 0 amide bonds. The zero-order valence-electron chi connectivity index (χ0n) is 11.1. The van der Waals surface area contributed by atoms with E-state index in [9.17, 15) is 8.42 Å². The number of hydrogen-bond acceptors (Lipinski definition) is 2. The van der Waals surface area contributed by atoms with Crippen LogP contribution in [0.15, 0.2) is 59.5 Å². The number of rotatable bonds is 4. The molecule has 0 atom stereocenters. The van der Waals surface area contributed by atoms with E-state index in [1.54, 1.807) is 24.3 Å². The number of aryl methyl sites for hydroxylation is 1. The smallest absolute Gasteiger partial charge is 0.541 e. The Balaban J connectivity index is 0.00000180. The second kappa shape index (κ2) is 6.93. The second-order valence-corrected chi connectivity index (χ2v) is 5.74. The molecule has 94 valence electrons. The first-order valence-corrected chi connectivity index (χ1v) is 7.06. The zero-order chi connectivity index (χ0) is 13.0. The molecule has 0 saturated carbocycles. The van der Waals surface area contributed by atoms with Crippen LogP contribution in [0, 0.1) is 6.92 Å². The first kappa shape index (κ1) is 16.0. The molecule has 2 aromatic rings. The quantitative estimate of drug-likeness (QED) is 0.746. The molecule has 19 heavy (non-hydrogen) atoms. The molecule has 3 nitrogen and oxygen atoms in total. The fraction of sp³-hybridized carbons (Fsp3) is 0.143. The van der Waals surface area contributed by atoms with Crippen LogP contribution >= 0.6 is 0 Å². The Hall–Kier alpha value is -1.05. The van der Waals surface area contributed by atoms with Gasteiger partial charge in [-0.1, -0.05) is 53.6 Å². The summed E-state index contributed by atoms with van der Waals surface area (Å²) in [5.41, 5.74) is 1.91. The van der Waals surface area contributed by atoms with Crippen LogP contribution in [0.2, 0.25) is 0 Å². The van der Waals surface area contributed by atoms with Crippen molar-refractivity contribution >= 4 is 10.0 Å². The predicted molar refractivity (Wildman–Crippen MR) is 71.9 cm³/mol. The number of nitrogens with zero attached hydrogens (tertiary/aromatic N) is 1. The number of sulfonamides is 1. The van der Waals surface area contributed by atoms with E-state index in [0.717, 1.165) is 11.1 Å². The van der Waals surface area contributed by atoms with Gasteiger partial charge in [0.2, 0.25) is 0 Å². The van der Waals surface area contributed by atoms with Crippen LogP contribution in [0.25, 0.3) is 4.72 Å². The fourth-order valence-corrected chi connectivity index (χ4v) is 2.48. The first-order chi connectivity index (χ1) is 8.58. The van der Waals surface area contributed by atoms with E-state index in [1.807, 2.05) is 37.3 Å². The Morgan fingerprint density at radius 2 is 1.53 bits per heavy atom. The minimum atomic E-state index is -3.55. The Labute approximate surface area is 126 Å². The van der Waals surface area contributed by atoms with Crippen LogP contribution < -0.4 is 18.9 Å². The van der Waals surface area contributed by atoms with Gasteiger partial charge in [0, 0.05) is 4.90 Å². The van der Waals surface area contributed by atoms with Gasteiger partial charge in [0.25, 0.3) is 0 Å². The van der Waals surface area contributed by atoms with E-state index in [1.165, 1.54) is 0 Å². The average molecular weight is 267 g/mol. The minimum absolute atomic E-state index is 0. The summed E-state index contributed by atoms with van der Waals surface area (Å²) in [6.07, 6.45) is 0. The molecule has 0 N–H and O–H groups in total. The van der Waals surface area contributed by atoms with E-state index in [4.69, 9.17) is 0 Å². The third kappa shape index (κ3) is 4.52. The molecule has 2 aromatic carbocycles. The van der Waals surface area contributed by atoms with Crippen LogP contribution in [-0.4, -0.2) is 8.42 Å². The van der Waals surface area contributed by atoms with Crippen molar-refractivity contribution in [3.05, 3.63) is 70.4 Å². The second-order valence-electron chi connectivity index (χ2n) is 4.06. The maximum absolute atomic E-state index is 12.0. The third-order valence-electron chi connectivity index (χ3n) is 2.58. The van der Waals surface area contributed by atoms with Crippen molar-refractivity contribution in [3.8, 4) is 0 Å². The maximum atomic E-state index is 12.0. The summed E-state index contributed by atoms with van der Waals surface area (Å²) in [5, 5.41) is 0.